The fourth-order valence-electron chi connectivity index (χ4n) is 3.61. The van der Waals surface area contributed by atoms with Crippen LogP contribution in [-0.4, -0.2) is 34.7 Å². The Hall–Kier alpha value is -3.27. The maximum Gasteiger partial charge on any atom is 0.268 e. The van der Waals surface area contributed by atoms with Gasteiger partial charge in [-0.3, -0.25) is 9.89 Å². The van der Waals surface area contributed by atoms with Crippen LogP contribution in [0.1, 0.15) is 25.2 Å². The van der Waals surface area contributed by atoms with Gasteiger partial charge in [0.15, 0.2) is 5.82 Å². The van der Waals surface area contributed by atoms with Gasteiger partial charge in [0, 0.05) is 6.07 Å². The fourth-order valence-corrected chi connectivity index (χ4v) is 4.19. The highest BCUT2D eigenvalue weighted by Gasteiger charge is 2.24. The molecule has 1 aromatic carbocycles. The minimum atomic E-state index is -0.459. The molecule has 0 aliphatic carbocycles. The molecule has 0 radical (unpaired) electrons. The monoisotopic (exact) mass is 500 g/mol. The molecule has 9 nitrogen and oxygen atoms in total. The molecule has 2 N–H and O–H groups in total. The number of nitrogens with one attached hydrogen (secondary N) is 2. The number of anilines is 1. The summed E-state index contributed by atoms with van der Waals surface area (Å²) in [6.07, 6.45) is 3.53. The maximum atomic E-state index is 13.6. The molecule has 0 amide bonds. The quantitative estimate of drug-likeness (QED) is 0.327. The Bertz CT molecular complexity index is 1550. The predicted molar refractivity (Wildman–Crippen MR) is 129 cm³/mol. The molecule has 0 unspecified atom stereocenters. The molecule has 0 bridgehead atoms. The summed E-state index contributed by atoms with van der Waals surface area (Å²) in [5.74, 6) is 1.30. The summed E-state index contributed by atoms with van der Waals surface area (Å²) in [5.41, 5.74) is 1.06. The minimum absolute atomic E-state index is 0.221. The number of hydrogen-bond acceptors (Lipinski definition) is 7. The molecule has 0 aliphatic heterocycles. The third kappa shape index (κ3) is 3.78. The second-order valence-corrected chi connectivity index (χ2v) is 8.34. The first-order chi connectivity index (χ1) is 16.0. The Morgan fingerprint density at radius 1 is 1.03 bits per heavy atom. The van der Waals surface area contributed by atoms with Crippen LogP contribution in [0.5, 0.6) is 0 Å². The van der Waals surface area contributed by atoms with E-state index in [9.17, 15) is 4.79 Å². The van der Waals surface area contributed by atoms with Gasteiger partial charge in [-0.25, -0.2) is 24.5 Å². The van der Waals surface area contributed by atoms with Crippen LogP contribution in [0.4, 0.5) is 5.82 Å². The molecule has 1 atom stereocenters. The molecule has 0 saturated heterocycles. The smallest absolute Gasteiger partial charge is 0.268 e. The van der Waals surface area contributed by atoms with Gasteiger partial charge in [0.25, 0.3) is 5.56 Å². The number of aromatic amines is 1. The number of aromatic nitrogens is 7. The standard InChI is InChI=1S/C21H15Cl3N8O/c1-2-12(28-19-18-13(25-9-26-19)5-6-14(24)29-18)20-30-17-11(23)4-3-10(22)16(17)21(33)32(20)15-7-8-27-31-15/h3-9,12H,2H2,1H3,(H,27,31)(H,25,26,28)/t12-/m0/s1. The highest BCUT2D eigenvalue weighted by atomic mass is 35.5. The molecular formula is C21H15Cl3N8O. The summed E-state index contributed by atoms with van der Waals surface area (Å²) in [7, 11) is 0. The van der Waals surface area contributed by atoms with Gasteiger partial charge in [-0.1, -0.05) is 41.7 Å². The van der Waals surface area contributed by atoms with Crippen LogP contribution in [0.25, 0.3) is 27.8 Å². The normalized spacial score (nSPS) is 12.4. The van der Waals surface area contributed by atoms with Crippen molar-refractivity contribution in [1.82, 2.24) is 34.7 Å². The van der Waals surface area contributed by atoms with Crippen molar-refractivity contribution in [2.45, 2.75) is 19.4 Å². The first-order valence-electron chi connectivity index (χ1n) is 9.92. The van der Waals surface area contributed by atoms with E-state index in [4.69, 9.17) is 39.8 Å². The van der Waals surface area contributed by atoms with Gasteiger partial charge < -0.3 is 5.32 Å². The van der Waals surface area contributed by atoms with Crippen molar-refractivity contribution >= 4 is 62.6 Å². The number of rotatable bonds is 5. The molecular weight excluding hydrogens is 487 g/mol. The van der Waals surface area contributed by atoms with Gasteiger partial charge in [0.1, 0.15) is 28.6 Å². The molecule has 0 saturated carbocycles. The van der Waals surface area contributed by atoms with Gasteiger partial charge in [0.2, 0.25) is 0 Å². The number of fused-ring (bicyclic) bond motifs is 2. The van der Waals surface area contributed by atoms with E-state index in [1.165, 1.54) is 10.9 Å². The predicted octanol–water partition coefficient (Wildman–Crippen LogP) is 4.97. The number of benzene rings is 1. The number of nitrogens with zero attached hydrogens (tertiary/aromatic N) is 6. The van der Waals surface area contributed by atoms with Gasteiger partial charge in [-0.05, 0) is 30.7 Å². The van der Waals surface area contributed by atoms with Crippen molar-refractivity contribution in [3.05, 3.63) is 74.2 Å². The van der Waals surface area contributed by atoms with Crippen LogP contribution >= 0.6 is 34.8 Å². The number of pyridine rings is 1. The third-order valence-electron chi connectivity index (χ3n) is 5.16. The van der Waals surface area contributed by atoms with E-state index >= 15 is 0 Å². The van der Waals surface area contributed by atoms with E-state index in [1.54, 1.807) is 36.5 Å². The van der Waals surface area contributed by atoms with E-state index < -0.39 is 6.04 Å². The lowest BCUT2D eigenvalue weighted by Gasteiger charge is -2.22. The first kappa shape index (κ1) is 21.6. The van der Waals surface area contributed by atoms with Crippen LogP contribution in [0, 0.1) is 0 Å². The minimum Gasteiger partial charge on any atom is -0.358 e. The molecule has 166 valence electrons. The Morgan fingerprint density at radius 2 is 1.85 bits per heavy atom. The summed E-state index contributed by atoms with van der Waals surface area (Å²) in [6.45, 7) is 1.95. The SMILES string of the molecule is CC[C@H](Nc1ncnc2ccc(Cl)nc12)c1nc2c(Cl)ccc(Cl)c2c(=O)n1-c1ccn[nH]1. The summed E-state index contributed by atoms with van der Waals surface area (Å²) in [5, 5.41) is 11.3. The lowest BCUT2D eigenvalue weighted by atomic mass is 10.1. The molecule has 0 aliphatic rings. The van der Waals surface area contributed by atoms with E-state index in [-0.39, 0.29) is 16.0 Å². The van der Waals surface area contributed by atoms with Crippen LogP contribution in [0.15, 0.2) is 47.7 Å². The largest absolute Gasteiger partial charge is 0.358 e. The van der Waals surface area contributed by atoms with Crippen molar-refractivity contribution in [1.29, 1.82) is 0 Å². The molecule has 4 heterocycles. The van der Waals surface area contributed by atoms with Crippen LogP contribution in [0.3, 0.4) is 0 Å². The molecule has 0 fully saturated rings. The summed E-state index contributed by atoms with van der Waals surface area (Å²) >= 11 is 18.8. The number of hydrogen-bond donors (Lipinski definition) is 2. The van der Waals surface area contributed by atoms with Crippen molar-refractivity contribution in [2.24, 2.45) is 0 Å². The van der Waals surface area contributed by atoms with Crippen molar-refractivity contribution in [3.8, 4) is 5.82 Å². The third-order valence-corrected chi connectivity index (χ3v) is 5.99. The van der Waals surface area contributed by atoms with Gasteiger partial charge in [-0.2, -0.15) is 5.10 Å². The molecule has 5 aromatic rings. The van der Waals surface area contributed by atoms with Crippen LogP contribution in [0.2, 0.25) is 15.2 Å². The molecule has 5 rings (SSSR count). The van der Waals surface area contributed by atoms with E-state index in [2.05, 4.69) is 30.5 Å². The zero-order valence-electron chi connectivity index (χ0n) is 17.1. The summed E-state index contributed by atoms with van der Waals surface area (Å²) < 4.78 is 1.43. The van der Waals surface area contributed by atoms with Crippen LogP contribution < -0.4 is 10.9 Å². The molecule has 12 heteroatoms. The van der Waals surface area contributed by atoms with Gasteiger partial charge in [-0.15, -0.1) is 0 Å². The van der Waals surface area contributed by atoms with Crippen molar-refractivity contribution in [2.75, 3.05) is 5.32 Å². The van der Waals surface area contributed by atoms with E-state index in [1.807, 2.05) is 6.92 Å². The zero-order valence-corrected chi connectivity index (χ0v) is 19.3. The summed E-state index contributed by atoms with van der Waals surface area (Å²) in [4.78, 5) is 31.3. The Morgan fingerprint density at radius 3 is 2.61 bits per heavy atom. The zero-order chi connectivity index (χ0) is 23.1. The Labute approximate surface area is 201 Å². The Kier molecular flexibility index (Phi) is 5.61. The second kappa shape index (κ2) is 8.58. The maximum absolute atomic E-state index is 13.6. The highest BCUT2D eigenvalue weighted by Crippen LogP contribution is 2.30. The Balaban J connectivity index is 1.75. The second-order valence-electron chi connectivity index (χ2n) is 7.13. The lowest BCUT2D eigenvalue weighted by Crippen LogP contribution is -2.29. The first-order valence-corrected chi connectivity index (χ1v) is 11.1. The average molecular weight is 502 g/mol. The van der Waals surface area contributed by atoms with E-state index in [0.29, 0.717) is 50.6 Å². The van der Waals surface area contributed by atoms with Gasteiger partial charge in [0.05, 0.1) is 38.7 Å². The van der Waals surface area contributed by atoms with Crippen molar-refractivity contribution < 1.29 is 0 Å². The fraction of sp³-hybridized carbons (Fsp3) is 0.143. The molecule has 33 heavy (non-hydrogen) atoms. The van der Waals surface area contributed by atoms with Crippen LogP contribution in [-0.2, 0) is 0 Å². The van der Waals surface area contributed by atoms with Crippen molar-refractivity contribution in [3.63, 3.8) is 0 Å². The average Bonchev–Trinajstić information content (AvgIpc) is 3.34. The topological polar surface area (TPSA) is 114 Å². The lowest BCUT2D eigenvalue weighted by molar-refractivity contribution is 0.653. The number of H-pyrrole nitrogens is 1. The van der Waals surface area contributed by atoms with E-state index in [0.717, 1.165) is 0 Å². The number of halogens is 3. The highest BCUT2D eigenvalue weighted by molar-refractivity contribution is 6.39. The molecule has 4 aromatic heterocycles. The summed E-state index contributed by atoms with van der Waals surface area (Å²) in [6, 6.07) is 7.81. The van der Waals surface area contributed by atoms with Gasteiger partial charge >= 0.3 is 0 Å². The molecule has 0 spiro atoms.